The highest BCUT2D eigenvalue weighted by Gasteiger charge is 2.77. The summed E-state index contributed by atoms with van der Waals surface area (Å²) < 4.78 is 16.6. The first-order chi connectivity index (χ1) is 16.6. The summed E-state index contributed by atoms with van der Waals surface area (Å²) in [6, 6.07) is 9.26. The lowest BCUT2D eigenvalue weighted by Crippen LogP contribution is -2.54. The smallest absolute Gasteiger partial charge is 0.328 e. The second-order valence-corrected chi connectivity index (χ2v) is 10.8. The van der Waals surface area contributed by atoms with Gasteiger partial charge in [-0.05, 0) is 45.4 Å². The molecule has 0 bridgehead atoms. The van der Waals surface area contributed by atoms with Gasteiger partial charge in [-0.25, -0.2) is 0 Å². The van der Waals surface area contributed by atoms with Gasteiger partial charge < -0.3 is 29.2 Å². The van der Waals surface area contributed by atoms with Crippen LogP contribution in [-0.2, 0) is 34.0 Å². The molecule has 1 aromatic carbocycles. The molecule has 1 aliphatic carbocycles. The number of likely N-dealkylation sites (tertiary alicyclic amines) is 1. The fourth-order valence-electron chi connectivity index (χ4n) is 6.82. The molecule has 2 aliphatic heterocycles. The van der Waals surface area contributed by atoms with Crippen LogP contribution in [-0.4, -0.2) is 68.8 Å². The van der Waals surface area contributed by atoms with Crippen LogP contribution in [0.3, 0.4) is 0 Å². The van der Waals surface area contributed by atoms with Crippen LogP contribution in [0.2, 0.25) is 0 Å². The molecule has 1 spiro atoms. The second-order valence-electron chi connectivity index (χ2n) is 10.8. The molecule has 1 saturated carbocycles. The number of rotatable bonds is 7. The third-order valence-corrected chi connectivity index (χ3v) is 7.73. The zero-order valence-electron chi connectivity index (χ0n) is 20.9. The first-order valence-corrected chi connectivity index (χ1v) is 11.8. The average molecular weight is 484 g/mol. The van der Waals surface area contributed by atoms with Crippen molar-refractivity contribution in [2.24, 2.45) is 23.2 Å². The molecular weight excluding hydrogens is 450 g/mol. The van der Waals surface area contributed by atoms with Crippen LogP contribution in [0.25, 0.3) is 0 Å². The van der Waals surface area contributed by atoms with Gasteiger partial charge in [-0.1, -0.05) is 18.2 Å². The zero-order chi connectivity index (χ0) is 25.6. The predicted molar refractivity (Wildman–Crippen MR) is 126 cm³/mol. The number of esters is 1. The zero-order valence-corrected chi connectivity index (χ0v) is 20.9. The molecule has 1 N–H and O–H groups in total. The van der Waals surface area contributed by atoms with Crippen molar-refractivity contribution < 1.29 is 28.6 Å². The van der Waals surface area contributed by atoms with Gasteiger partial charge in [0.2, 0.25) is 5.91 Å². The maximum absolute atomic E-state index is 14.0. The molecule has 2 fully saturated rings. The molecule has 35 heavy (non-hydrogen) atoms. The van der Waals surface area contributed by atoms with Crippen LogP contribution in [0.5, 0.6) is 0 Å². The average Bonchev–Trinajstić information content (AvgIpc) is 3.37. The normalized spacial score (nSPS) is 33.8. The molecule has 9 nitrogen and oxygen atoms in total. The van der Waals surface area contributed by atoms with Gasteiger partial charge in [0.1, 0.15) is 18.7 Å². The highest BCUT2D eigenvalue weighted by Crippen LogP contribution is 2.66. The number of hydrogen-bond donors (Lipinski definition) is 1. The molecule has 2 heterocycles. The van der Waals surface area contributed by atoms with E-state index in [4.69, 9.17) is 14.2 Å². The summed E-state index contributed by atoms with van der Waals surface area (Å²) in [4.78, 5) is 41.7. The van der Waals surface area contributed by atoms with Gasteiger partial charge >= 0.3 is 5.97 Å². The highest BCUT2D eigenvalue weighted by molar-refractivity contribution is 6.08. The molecule has 1 amide bonds. The van der Waals surface area contributed by atoms with Crippen molar-refractivity contribution in [2.75, 3.05) is 39.4 Å². The number of nitriles is 1. The molecule has 0 radical (unpaired) electrons. The summed E-state index contributed by atoms with van der Waals surface area (Å²) in [7, 11) is 3.37. The van der Waals surface area contributed by atoms with Crippen molar-refractivity contribution in [1.29, 1.82) is 5.26 Å². The first-order valence-electron chi connectivity index (χ1n) is 11.8. The largest absolute Gasteiger partial charge is 0.459 e. The van der Waals surface area contributed by atoms with Gasteiger partial charge in [0.05, 0.1) is 18.1 Å². The Labute approximate surface area is 205 Å². The number of amides is 1. The van der Waals surface area contributed by atoms with E-state index in [2.05, 4.69) is 11.4 Å². The summed E-state index contributed by atoms with van der Waals surface area (Å²) >= 11 is 0. The Morgan fingerprint density at radius 3 is 2.69 bits per heavy atom. The van der Waals surface area contributed by atoms with Crippen molar-refractivity contribution in [3.63, 3.8) is 0 Å². The number of carbonyl (C=O) groups is 3. The lowest BCUT2D eigenvalue weighted by atomic mass is 9.58. The number of nitrogens with zero attached hydrogens (tertiary/aromatic N) is 2. The van der Waals surface area contributed by atoms with Gasteiger partial charge in [-0.2, -0.15) is 5.26 Å². The van der Waals surface area contributed by atoms with E-state index in [9.17, 15) is 19.6 Å². The molecule has 1 saturated heterocycles. The quantitative estimate of drug-likeness (QED) is 0.271. The number of ether oxygens (including phenoxy) is 3. The number of hydrogen-bond acceptors (Lipinski definition) is 8. The number of anilines is 1. The van der Waals surface area contributed by atoms with Crippen molar-refractivity contribution in [3.8, 4) is 6.07 Å². The molecule has 188 valence electrons. The molecular formula is C26H33N3O6. The van der Waals surface area contributed by atoms with Crippen molar-refractivity contribution in [3.05, 3.63) is 29.8 Å². The third kappa shape index (κ3) is 3.66. The van der Waals surface area contributed by atoms with Crippen molar-refractivity contribution in [2.45, 2.75) is 44.2 Å². The van der Waals surface area contributed by atoms with Gasteiger partial charge in [0.15, 0.2) is 5.41 Å². The van der Waals surface area contributed by atoms with Crippen LogP contribution in [0.15, 0.2) is 24.3 Å². The van der Waals surface area contributed by atoms with E-state index in [0.29, 0.717) is 11.3 Å². The van der Waals surface area contributed by atoms with Gasteiger partial charge in [-0.3, -0.25) is 9.59 Å². The second kappa shape index (κ2) is 9.01. The maximum Gasteiger partial charge on any atom is 0.328 e. The Balaban J connectivity index is 1.97. The van der Waals surface area contributed by atoms with Gasteiger partial charge in [0.25, 0.3) is 0 Å². The Bertz CT molecular complexity index is 1060. The maximum atomic E-state index is 14.0. The fraction of sp³-hybridized carbons (Fsp3) is 0.615. The van der Waals surface area contributed by atoms with Crippen molar-refractivity contribution >= 4 is 23.9 Å². The summed E-state index contributed by atoms with van der Waals surface area (Å²) in [5.41, 5.74) is -2.36. The summed E-state index contributed by atoms with van der Waals surface area (Å²) in [5.74, 6) is -2.49. The Hall–Kier alpha value is -2.80. The number of carbonyl (C=O) groups excluding carboxylic acids is 3. The van der Waals surface area contributed by atoms with E-state index in [1.165, 1.54) is 7.11 Å². The van der Waals surface area contributed by atoms with E-state index >= 15 is 0 Å². The van der Waals surface area contributed by atoms with Crippen LogP contribution in [0.1, 0.15) is 32.8 Å². The van der Waals surface area contributed by atoms with Crippen molar-refractivity contribution in [1.82, 2.24) is 4.90 Å². The van der Waals surface area contributed by atoms with Gasteiger partial charge in [0, 0.05) is 43.6 Å². The lowest BCUT2D eigenvalue weighted by molar-refractivity contribution is -0.167. The fourth-order valence-corrected chi connectivity index (χ4v) is 6.82. The SMILES string of the molecule is COCOC[C@@H]1[C@@H]2[C@H](C3(C(=O)Nc4ccccc43)[C@@H]1CC=O)[C@@](C#N)(C(=O)OC(C)(C)C)CN2C. The number of aldehydes is 1. The Morgan fingerprint density at radius 1 is 1.34 bits per heavy atom. The molecule has 9 heteroatoms. The standard InChI is InChI=1S/C26H33N3O6/c1-24(2,3)35-23(32)25(13-27)14-29(4)20-16(12-34-15-33-5)17(10-11-30)26(21(20)25)18-8-6-7-9-19(18)28-22(26)31/h6-9,11,16-17,20-21H,10,12,14-15H2,1-5H3,(H,28,31)/t16-,17+,20+,21-,25-,26?/m0/s1. The van der Waals surface area contributed by atoms with E-state index in [1.807, 2.05) is 36.2 Å². The molecule has 3 aliphatic rings. The minimum absolute atomic E-state index is 0.0522. The number of methoxy groups -OCH3 is 1. The van der Waals surface area contributed by atoms with Crippen LogP contribution >= 0.6 is 0 Å². The van der Waals surface area contributed by atoms with Crippen LogP contribution in [0, 0.1) is 34.5 Å². The summed E-state index contributed by atoms with van der Waals surface area (Å²) in [5, 5.41) is 13.6. The number of para-hydroxylation sites is 1. The minimum Gasteiger partial charge on any atom is -0.459 e. The third-order valence-electron chi connectivity index (χ3n) is 7.73. The highest BCUT2D eigenvalue weighted by atomic mass is 16.7. The topological polar surface area (TPSA) is 118 Å². The molecule has 6 atom stereocenters. The summed E-state index contributed by atoms with van der Waals surface area (Å²) in [6.45, 7) is 5.64. The molecule has 1 unspecified atom stereocenters. The monoisotopic (exact) mass is 483 g/mol. The predicted octanol–water partition coefficient (Wildman–Crippen LogP) is 2.11. The molecule has 4 rings (SSSR count). The lowest BCUT2D eigenvalue weighted by Gasteiger charge is -2.40. The van der Waals surface area contributed by atoms with Gasteiger partial charge in [-0.15, -0.1) is 0 Å². The number of fused-ring (bicyclic) bond motifs is 4. The van der Waals surface area contributed by atoms with Crippen LogP contribution in [0.4, 0.5) is 5.69 Å². The van der Waals surface area contributed by atoms with E-state index in [0.717, 1.165) is 6.29 Å². The number of benzene rings is 1. The molecule has 1 aromatic rings. The van der Waals surface area contributed by atoms with Crippen LogP contribution < -0.4 is 5.32 Å². The van der Waals surface area contributed by atoms with E-state index in [1.54, 1.807) is 20.8 Å². The Morgan fingerprint density at radius 2 is 2.06 bits per heavy atom. The summed E-state index contributed by atoms with van der Waals surface area (Å²) in [6.07, 6.45) is 0.895. The van der Waals surface area contributed by atoms with E-state index < -0.39 is 34.2 Å². The van der Waals surface area contributed by atoms with E-state index in [-0.39, 0.29) is 44.2 Å². The Kier molecular flexibility index (Phi) is 6.51. The molecule has 0 aromatic heterocycles. The number of nitrogens with one attached hydrogen (secondary N) is 1. The first kappa shape index (κ1) is 25.3. The minimum atomic E-state index is -1.61.